The van der Waals surface area contributed by atoms with Gasteiger partial charge in [0.15, 0.2) is 11.8 Å². The van der Waals surface area contributed by atoms with E-state index in [1.54, 1.807) is 48.5 Å². The van der Waals surface area contributed by atoms with E-state index < -0.39 is 30.0 Å². The zero-order chi connectivity index (χ0) is 24.1. The number of carbonyl (C=O) groups excluding carboxylic acids is 1. The third-order valence-corrected chi connectivity index (χ3v) is 5.41. The first-order valence-corrected chi connectivity index (χ1v) is 10.4. The van der Waals surface area contributed by atoms with Crippen molar-refractivity contribution in [3.63, 3.8) is 0 Å². The molecule has 4 N–H and O–H groups in total. The highest BCUT2D eigenvalue weighted by molar-refractivity contribution is 6.31. The number of aliphatic hydroxyl groups excluding tert-OH is 1. The molecule has 0 saturated heterocycles. The van der Waals surface area contributed by atoms with E-state index in [9.17, 15) is 29.7 Å². The molecule has 0 unspecified atom stereocenters. The average Bonchev–Trinajstić information content (AvgIpc) is 3.18. The van der Waals surface area contributed by atoms with E-state index in [2.05, 4.69) is 10.4 Å². The molecule has 3 aromatic rings. The molecule has 172 valence electrons. The van der Waals surface area contributed by atoms with Crippen LogP contribution in [-0.4, -0.2) is 55.1 Å². The van der Waals surface area contributed by atoms with Crippen molar-refractivity contribution in [1.29, 1.82) is 0 Å². The molecule has 9 nitrogen and oxygen atoms in total. The Kier molecular flexibility index (Phi) is 7.70. The van der Waals surface area contributed by atoms with Gasteiger partial charge >= 0.3 is 11.9 Å². The molecule has 2 atom stereocenters. The maximum Gasteiger partial charge on any atom is 0.354 e. The van der Waals surface area contributed by atoms with Crippen molar-refractivity contribution in [2.75, 3.05) is 0 Å². The summed E-state index contributed by atoms with van der Waals surface area (Å²) in [6.45, 7) is 0.0380. The Hall–Kier alpha value is -3.40. The average molecular weight is 492 g/mol. The molecule has 0 aliphatic carbocycles. The van der Waals surface area contributed by atoms with Gasteiger partial charge in [-0.15, -0.1) is 0 Å². The highest BCUT2D eigenvalue weighted by atomic mass is 35.5. The van der Waals surface area contributed by atoms with Crippen LogP contribution in [0.3, 0.4) is 0 Å². The first kappa shape index (κ1) is 24.2. The summed E-state index contributed by atoms with van der Waals surface area (Å²) < 4.78 is 1.12. The van der Waals surface area contributed by atoms with Crippen molar-refractivity contribution < 1.29 is 29.7 Å². The van der Waals surface area contributed by atoms with Gasteiger partial charge < -0.3 is 20.6 Å². The summed E-state index contributed by atoms with van der Waals surface area (Å²) >= 11 is 12.1. The normalized spacial score (nSPS) is 12.7. The highest BCUT2D eigenvalue weighted by Crippen LogP contribution is 2.19. The van der Waals surface area contributed by atoms with Crippen LogP contribution in [0.4, 0.5) is 0 Å². The molecule has 0 spiro atoms. The van der Waals surface area contributed by atoms with Crippen molar-refractivity contribution in [3.8, 4) is 0 Å². The van der Waals surface area contributed by atoms with Gasteiger partial charge in [-0.3, -0.25) is 9.48 Å². The zero-order valence-corrected chi connectivity index (χ0v) is 18.5. The molecule has 0 radical (unpaired) electrons. The topological polar surface area (TPSA) is 142 Å². The number of nitrogens with zero attached hydrogens (tertiary/aromatic N) is 2. The molecule has 0 bridgehead atoms. The predicted octanol–water partition coefficient (Wildman–Crippen LogP) is 2.72. The maximum atomic E-state index is 12.8. The van der Waals surface area contributed by atoms with Gasteiger partial charge in [0.1, 0.15) is 5.69 Å². The number of carboxylic acid groups (broad SMARTS) is 2. The van der Waals surface area contributed by atoms with Crippen LogP contribution >= 0.6 is 23.2 Å². The zero-order valence-electron chi connectivity index (χ0n) is 17.0. The fourth-order valence-electron chi connectivity index (χ4n) is 3.19. The monoisotopic (exact) mass is 491 g/mol. The van der Waals surface area contributed by atoms with Crippen molar-refractivity contribution >= 4 is 41.0 Å². The SMILES string of the molecule is O=C(N[C@H](Cc1ccccc1Cl)[C@@H](O)C(=O)O)c1cc(C(=O)O)n(Cc2cccc(Cl)c2)n1. The quantitative estimate of drug-likeness (QED) is 0.360. The van der Waals surface area contributed by atoms with Gasteiger partial charge in [0.05, 0.1) is 12.6 Å². The summed E-state index contributed by atoms with van der Waals surface area (Å²) in [5.74, 6) is -3.69. The minimum Gasteiger partial charge on any atom is -0.479 e. The van der Waals surface area contributed by atoms with Gasteiger partial charge in [0.25, 0.3) is 5.91 Å². The van der Waals surface area contributed by atoms with Crippen molar-refractivity contribution in [2.45, 2.75) is 25.1 Å². The Morgan fingerprint density at radius 2 is 1.76 bits per heavy atom. The van der Waals surface area contributed by atoms with Gasteiger partial charge in [-0.2, -0.15) is 5.10 Å². The minimum absolute atomic E-state index is 0.0380. The number of carboxylic acids is 2. The molecule has 0 fully saturated rings. The summed E-state index contributed by atoms with van der Waals surface area (Å²) in [5.41, 5.74) is 0.679. The number of hydrogen-bond acceptors (Lipinski definition) is 5. The molecule has 1 amide bonds. The lowest BCUT2D eigenvalue weighted by Crippen LogP contribution is -2.48. The second-order valence-electron chi connectivity index (χ2n) is 7.17. The molecule has 0 aliphatic heterocycles. The van der Waals surface area contributed by atoms with E-state index in [1.165, 1.54) is 0 Å². The van der Waals surface area contributed by atoms with E-state index >= 15 is 0 Å². The van der Waals surface area contributed by atoms with Gasteiger partial charge in [-0.1, -0.05) is 53.5 Å². The maximum absolute atomic E-state index is 12.8. The lowest BCUT2D eigenvalue weighted by Gasteiger charge is -2.21. The second-order valence-corrected chi connectivity index (χ2v) is 8.01. The van der Waals surface area contributed by atoms with Gasteiger partial charge in [0.2, 0.25) is 0 Å². The van der Waals surface area contributed by atoms with E-state index in [0.717, 1.165) is 10.7 Å². The van der Waals surface area contributed by atoms with Gasteiger partial charge in [0, 0.05) is 16.1 Å². The molecule has 2 aromatic carbocycles. The number of nitrogens with one attached hydrogen (secondary N) is 1. The molecular weight excluding hydrogens is 473 g/mol. The Morgan fingerprint density at radius 1 is 1.03 bits per heavy atom. The summed E-state index contributed by atoms with van der Waals surface area (Å²) in [6.07, 6.45) is -2.01. The van der Waals surface area contributed by atoms with E-state index in [1.807, 2.05) is 0 Å². The van der Waals surface area contributed by atoms with Crippen molar-refractivity contribution in [3.05, 3.63) is 87.2 Å². The summed E-state index contributed by atoms with van der Waals surface area (Å²) in [7, 11) is 0. The summed E-state index contributed by atoms with van der Waals surface area (Å²) in [6, 6.07) is 13.1. The van der Waals surface area contributed by atoms with Crippen molar-refractivity contribution in [1.82, 2.24) is 15.1 Å². The number of carbonyl (C=O) groups is 3. The standard InChI is InChI=1S/C22H19Cl2N3O6/c23-14-6-3-4-12(8-14)11-27-18(21(30)31)10-17(26-27)20(29)25-16(19(28)22(32)33)9-13-5-1-2-7-15(13)24/h1-8,10,16,19,28H,9,11H2,(H,25,29)(H,30,31)(H,32,33)/t16-,19-/m1/s1. The molecule has 11 heteroatoms. The van der Waals surface area contributed by atoms with Crippen molar-refractivity contribution in [2.24, 2.45) is 0 Å². The lowest BCUT2D eigenvalue weighted by molar-refractivity contribution is -0.148. The van der Waals surface area contributed by atoms with Crippen LogP contribution in [0.1, 0.15) is 32.1 Å². The third kappa shape index (κ3) is 6.10. The number of benzene rings is 2. The molecule has 1 aromatic heterocycles. The smallest absolute Gasteiger partial charge is 0.354 e. The Morgan fingerprint density at radius 3 is 2.39 bits per heavy atom. The molecular formula is C22H19Cl2N3O6. The minimum atomic E-state index is -1.93. The van der Waals surface area contributed by atoms with Crippen LogP contribution in [-0.2, 0) is 17.8 Å². The Balaban J connectivity index is 1.86. The number of hydrogen-bond donors (Lipinski definition) is 4. The van der Waals surface area contributed by atoms with E-state index in [0.29, 0.717) is 21.2 Å². The number of rotatable bonds is 9. The van der Waals surface area contributed by atoms with Gasteiger partial charge in [-0.25, -0.2) is 9.59 Å². The Bertz CT molecular complexity index is 1200. The number of aromatic nitrogens is 2. The molecule has 3 rings (SSSR count). The highest BCUT2D eigenvalue weighted by Gasteiger charge is 2.30. The Labute approximate surface area is 198 Å². The molecule has 0 aliphatic rings. The largest absolute Gasteiger partial charge is 0.479 e. The summed E-state index contributed by atoms with van der Waals surface area (Å²) in [4.78, 5) is 35.8. The predicted molar refractivity (Wildman–Crippen MR) is 120 cm³/mol. The molecule has 1 heterocycles. The molecule has 33 heavy (non-hydrogen) atoms. The van der Waals surface area contributed by atoms with Gasteiger partial charge in [-0.05, 0) is 35.7 Å². The lowest BCUT2D eigenvalue weighted by atomic mass is 10.0. The fraction of sp³-hybridized carbons (Fsp3) is 0.182. The van der Waals surface area contributed by atoms with E-state index in [4.69, 9.17) is 23.2 Å². The fourth-order valence-corrected chi connectivity index (χ4v) is 3.61. The van der Waals surface area contributed by atoms with E-state index in [-0.39, 0.29) is 24.4 Å². The van der Waals surface area contributed by atoms with Crippen LogP contribution in [0.25, 0.3) is 0 Å². The molecule has 0 saturated carbocycles. The number of aliphatic hydroxyl groups is 1. The number of halogens is 2. The van der Waals surface area contributed by atoms with Crippen LogP contribution < -0.4 is 5.32 Å². The van der Waals surface area contributed by atoms with Crippen LogP contribution in [0.15, 0.2) is 54.6 Å². The van der Waals surface area contributed by atoms with Crippen LogP contribution in [0.5, 0.6) is 0 Å². The summed E-state index contributed by atoms with van der Waals surface area (Å²) in [5, 5.41) is 36.2. The first-order chi connectivity index (χ1) is 15.7. The second kappa shape index (κ2) is 10.5. The number of aliphatic carboxylic acids is 1. The first-order valence-electron chi connectivity index (χ1n) is 9.66. The third-order valence-electron chi connectivity index (χ3n) is 4.80. The number of aromatic carboxylic acids is 1. The van der Waals surface area contributed by atoms with Crippen LogP contribution in [0.2, 0.25) is 10.0 Å². The number of amides is 1. The van der Waals surface area contributed by atoms with Crippen LogP contribution in [0, 0.1) is 0 Å².